The van der Waals surface area contributed by atoms with Crippen LogP contribution in [0.3, 0.4) is 0 Å². The number of nitrogens with zero attached hydrogens (tertiary/aromatic N) is 6. The van der Waals surface area contributed by atoms with Gasteiger partial charge in [-0.25, -0.2) is 29.9 Å². The number of hydrogen-bond donors (Lipinski definition) is 0. The Labute approximate surface area is 640 Å². The second-order valence-electron chi connectivity index (χ2n) is 28.3. The lowest BCUT2D eigenvalue weighted by molar-refractivity contribution is 1.08. The van der Waals surface area contributed by atoms with Gasteiger partial charge in [-0.1, -0.05) is 315 Å². The largest absolute Gasteiger partial charge is 0.208 e. The van der Waals surface area contributed by atoms with Crippen LogP contribution >= 0.6 is 22.7 Å². The first kappa shape index (κ1) is 63.3. The Kier molecular flexibility index (Phi) is 14.9. The van der Waals surface area contributed by atoms with Gasteiger partial charge in [-0.3, -0.25) is 0 Å². The zero-order valence-electron chi connectivity index (χ0n) is 59.1. The molecule has 6 nitrogen and oxygen atoms in total. The van der Waals surface area contributed by atoms with Crippen molar-refractivity contribution >= 4 is 128 Å². The van der Waals surface area contributed by atoms with Gasteiger partial charge in [0.05, 0.1) is 0 Å². The van der Waals surface area contributed by atoms with Crippen LogP contribution in [0.5, 0.6) is 0 Å². The fourth-order valence-corrected chi connectivity index (χ4v) is 19.2. The molecule has 0 aliphatic heterocycles. The van der Waals surface area contributed by atoms with Gasteiger partial charge in [-0.05, 0) is 169 Å². The quantitative estimate of drug-likeness (QED) is 0.120. The molecule has 0 spiro atoms. The SMILES string of the molecule is c1ccc(-c2ccc(-c3nc(-c4ccccc4-c4cc5ccccc5c5ccccc45)nc(-c4cccc5c4sc4ccc(-c6ccc7c(c6)sc6c(-c8nc(-c9ccccc9-c9cc%10ccccc%10c%10ccccc9%10)nc(-c9c(-c%10ccc%11ccccc%11c%10)ccc%10ccccc9%10)n8)cccc67)cc45)n3)cc2)cc1. The van der Waals surface area contributed by atoms with E-state index in [1.807, 2.05) is 0 Å². The van der Waals surface area contributed by atoms with Crippen LogP contribution in [-0.4, -0.2) is 29.9 Å². The van der Waals surface area contributed by atoms with Gasteiger partial charge in [-0.15, -0.1) is 22.7 Å². The predicted octanol–water partition coefficient (Wildman–Crippen LogP) is 28.0. The Bertz CT molecular complexity index is 7550. The molecule has 8 heteroatoms. The summed E-state index contributed by atoms with van der Waals surface area (Å²) in [6, 6.07) is 131. The third kappa shape index (κ3) is 10.7. The van der Waals surface area contributed by atoms with E-state index in [2.05, 4.69) is 364 Å². The zero-order chi connectivity index (χ0) is 72.3. The maximum absolute atomic E-state index is 5.71. The van der Waals surface area contributed by atoms with Crippen LogP contribution in [0.15, 0.2) is 364 Å². The monoisotopic (exact) mass is 1430 g/mol. The van der Waals surface area contributed by atoms with Gasteiger partial charge in [0.25, 0.3) is 0 Å². The summed E-state index contributed by atoms with van der Waals surface area (Å²) >= 11 is 3.57. The van der Waals surface area contributed by atoms with E-state index in [1.165, 1.54) is 74.0 Å². The van der Waals surface area contributed by atoms with Crippen LogP contribution < -0.4 is 0 Å². The van der Waals surface area contributed by atoms with Crippen molar-refractivity contribution in [1.82, 2.24) is 29.9 Å². The molecular formula is C102H60N6S2. The second-order valence-corrected chi connectivity index (χ2v) is 30.4. The molecule has 0 bridgehead atoms. The highest BCUT2D eigenvalue weighted by molar-refractivity contribution is 7.26. The van der Waals surface area contributed by atoms with Crippen molar-refractivity contribution in [3.05, 3.63) is 364 Å². The molecule has 0 amide bonds. The van der Waals surface area contributed by atoms with E-state index in [0.717, 1.165) is 120 Å². The minimum absolute atomic E-state index is 0.597. The predicted molar refractivity (Wildman–Crippen MR) is 464 cm³/mol. The lowest BCUT2D eigenvalue weighted by Gasteiger charge is -2.17. The lowest BCUT2D eigenvalue weighted by Crippen LogP contribution is -2.02. The van der Waals surface area contributed by atoms with Gasteiger partial charge in [0, 0.05) is 73.7 Å². The summed E-state index contributed by atoms with van der Waals surface area (Å²) in [7, 11) is 0. The van der Waals surface area contributed by atoms with Gasteiger partial charge in [-0.2, -0.15) is 0 Å². The number of benzene rings is 18. The molecule has 0 atom stereocenters. The number of thiophene rings is 2. The van der Waals surface area contributed by atoms with Crippen LogP contribution in [0.2, 0.25) is 0 Å². The minimum atomic E-state index is 0.597. The van der Waals surface area contributed by atoms with Crippen LogP contribution in [0, 0.1) is 0 Å². The Morgan fingerprint density at radius 3 is 1.19 bits per heavy atom. The first-order valence-electron chi connectivity index (χ1n) is 37.1. The molecule has 0 N–H and O–H groups in total. The molecule has 0 aliphatic rings. The van der Waals surface area contributed by atoms with E-state index in [-0.39, 0.29) is 0 Å². The maximum atomic E-state index is 5.71. The Balaban J connectivity index is 0.680. The highest BCUT2D eigenvalue weighted by Crippen LogP contribution is 2.48. The number of rotatable bonds is 11. The maximum Gasteiger partial charge on any atom is 0.165 e. The molecule has 0 radical (unpaired) electrons. The second kappa shape index (κ2) is 25.9. The van der Waals surface area contributed by atoms with E-state index in [0.29, 0.717) is 34.9 Å². The first-order valence-corrected chi connectivity index (χ1v) is 38.8. The van der Waals surface area contributed by atoms with Crippen molar-refractivity contribution in [2.24, 2.45) is 0 Å². The smallest absolute Gasteiger partial charge is 0.165 e. The zero-order valence-corrected chi connectivity index (χ0v) is 60.8. The van der Waals surface area contributed by atoms with Crippen LogP contribution in [0.25, 0.3) is 229 Å². The van der Waals surface area contributed by atoms with Crippen molar-refractivity contribution in [3.8, 4) is 124 Å². The summed E-state index contributed by atoms with van der Waals surface area (Å²) in [5.74, 6) is 3.64. The summed E-state index contributed by atoms with van der Waals surface area (Å²) in [4.78, 5) is 33.4. The van der Waals surface area contributed by atoms with Gasteiger partial charge in [0.2, 0.25) is 0 Å². The average Bonchev–Trinajstić information content (AvgIpc) is 1.71. The molecule has 0 fully saturated rings. The Hall–Kier alpha value is -14.0. The summed E-state index contributed by atoms with van der Waals surface area (Å²) in [6.07, 6.45) is 0. The molecule has 110 heavy (non-hydrogen) atoms. The van der Waals surface area contributed by atoms with Crippen LogP contribution in [-0.2, 0) is 0 Å². The standard InChI is InChI=1S/C102H60N6S2/c1-2-22-61(23-3-1)63-44-47-65(48-45-63)97-103-98(85-38-18-16-36-80(85)89-58-69-27-7-9-29-72(69)76-32-12-14-34-78(76)89)105-100(104-97)88-43-21-41-84-91-57-67(52-55-92(91)109-96(84)88)68-51-54-82-83-40-20-42-87(95(83)110-93(82)60-68)101-106-99(86-39-19-17-37-81(86)90-59-70-28-8-10-30-73(70)77-33-13-15-35-79(77)90)107-102(108-101)94-74-31-11-6-25-64(74)50-53-75(94)71-49-46-62-24-4-5-26-66(62)56-71/h1-60H. The van der Waals surface area contributed by atoms with Crippen LogP contribution in [0.4, 0.5) is 0 Å². The Morgan fingerprint density at radius 1 is 0.155 bits per heavy atom. The summed E-state index contributed by atoms with van der Waals surface area (Å²) in [5, 5.41) is 18.7. The van der Waals surface area contributed by atoms with Crippen LogP contribution in [0.1, 0.15) is 0 Å². The third-order valence-corrected chi connectivity index (χ3v) is 24.4. The molecule has 22 rings (SSSR count). The van der Waals surface area contributed by atoms with E-state index in [4.69, 9.17) is 29.9 Å². The van der Waals surface area contributed by atoms with Gasteiger partial charge in [0.15, 0.2) is 34.9 Å². The number of fused-ring (bicyclic) bond motifs is 14. The van der Waals surface area contributed by atoms with Crippen molar-refractivity contribution in [3.63, 3.8) is 0 Å². The molecule has 18 aromatic carbocycles. The summed E-state index contributed by atoms with van der Waals surface area (Å²) < 4.78 is 4.57. The van der Waals surface area contributed by atoms with E-state index in [9.17, 15) is 0 Å². The number of hydrogen-bond acceptors (Lipinski definition) is 8. The number of aromatic nitrogens is 6. The highest BCUT2D eigenvalue weighted by atomic mass is 32.1. The van der Waals surface area contributed by atoms with Crippen molar-refractivity contribution in [2.75, 3.05) is 0 Å². The minimum Gasteiger partial charge on any atom is -0.208 e. The van der Waals surface area contributed by atoms with Gasteiger partial charge >= 0.3 is 0 Å². The normalized spacial score (nSPS) is 11.8. The van der Waals surface area contributed by atoms with E-state index < -0.39 is 0 Å². The molecule has 0 saturated carbocycles. The fourth-order valence-electron chi connectivity index (χ4n) is 16.7. The molecular weight excluding hydrogens is 1370 g/mol. The fraction of sp³-hybridized carbons (Fsp3) is 0. The molecule has 0 unspecified atom stereocenters. The summed E-state index contributed by atoms with van der Waals surface area (Å²) in [6.45, 7) is 0. The molecule has 510 valence electrons. The topological polar surface area (TPSA) is 77.3 Å². The average molecular weight is 1430 g/mol. The van der Waals surface area contributed by atoms with Crippen molar-refractivity contribution in [2.45, 2.75) is 0 Å². The Morgan fingerprint density at radius 2 is 0.564 bits per heavy atom. The molecule has 0 aliphatic carbocycles. The van der Waals surface area contributed by atoms with Crippen molar-refractivity contribution in [1.29, 1.82) is 0 Å². The first-order chi connectivity index (χ1) is 54.5. The van der Waals surface area contributed by atoms with Gasteiger partial charge in [0.1, 0.15) is 0 Å². The van der Waals surface area contributed by atoms with Crippen molar-refractivity contribution < 1.29 is 0 Å². The highest BCUT2D eigenvalue weighted by Gasteiger charge is 2.26. The van der Waals surface area contributed by atoms with Gasteiger partial charge < -0.3 is 0 Å². The molecule has 4 aromatic heterocycles. The molecule has 0 saturated heterocycles. The molecule has 4 heterocycles. The lowest BCUT2D eigenvalue weighted by atomic mass is 9.90. The summed E-state index contributed by atoms with van der Waals surface area (Å²) in [5.41, 5.74) is 16.6. The van der Waals surface area contributed by atoms with E-state index >= 15 is 0 Å². The molecule has 22 aromatic rings. The van der Waals surface area contributed by atoms with E-state index in [1.54, 1.807) is 22.7 Å². The third-order valence-electron chi connectivity index (χ3n) is 22.0.